The Morgan fingerprint density at radius 2 is 2.11 bits per heavy atom. The quantitative estimate of drug-likeness (QED) is 0.797. The van der Waals surface area contributed by atoms with Crippen molar-refractivity contribution in [3.8, 4) is 5.75 Å². The molecule has 1 fully saturated rings. The molecule has 0 amide bonds. The number of methoxy groups -OCH3 is 1. The molecule has 0 radical (unpaired) electrons. The number of carbonyl (C=O) groups is 1. The van der Waals surface area contributed by atoms with Crippen molar-refractivity contribution < 1.29 is 14.3 Å². The molecule has 0 N–H and O–H groups in total. The van der Waals surface area contributed by atoms with Crippen LogP contribution in [0.4, 0.5) is 0 Å². The lowest BCUT2D eigenvalue weighted by Crippen LogP contribution is -2.15. The highest BCUT2D eigenvalue weighted by Gasteiger charge is 2.30. The molecule has 0 saturated carbocycles. The maximum absolute atomic E-state index is 12.3. The standard InChI is InChI=1S/C13H14Cl2O3/c1-7-3-8(6-18-7)13(16)9-4-11(15)12(17-2)5-10(9)14/h4-5,7-8H,3,6H2,1-2H3. The number of Topliss-reactive ketones (excluding diaryl/α,β-unsaturated/α-hetero) is 1. The fraction of sp³-hybridized carbons (Fsp3) is 0.462. The SMILES string of the molecule is COc1cc(Cl)c(C(=O)C2COC(C)C2)cc1Cl. The largest absolute Gasteiger partial charge is 0.495 e. The van der Waals surface area contributed by atoms with Crippen LogP contribution in [0.25, 0.3) is 0 Å². The van der Waals surface area contributed by atoms with Gasteiger partial charge in [-0.05, 0) is 19.4 Å². The Morgan fingerprint density at radius 3 is 2.67 bits per heavy atom. The van der Waals surface area contributed by atoms with Gasteiger partial charge in [-0.25, -0.2) is 0 Å². The van der Waals surface area contributed by atoms with Gasteiger partial charge in [-0.2, -0.15) is 0 Å². The summed E-state index contributed by atoms with van der Waals surface area (Å²) in [5, 5.41) is 0.748. The summed E-state index contributed by atoms with van der Waals surface area (Å²) in [5.74, 6) is 0.310. The number of halogens is 2. The van der Waals surface area contributed by atoms with Crippen LogP contribution in [-0.2, 0) is 4.74 Å². The van der Waals surface area contributed by atoms with Crippen molar-refractivity contribution in [2.45, 2.75) is 19.4 Å². The predicted octanol–water partition coefficient (Wildman–Crippen LogP) is 3.61. The summed E-state index contributed by atoms with van der Waals surface area (Å²) in [4.78, 5) is 12.3. The normalized spacial score (nSPS) is 23.1. The summed E-state index contributed by atoms with van der Waals surface area (Å²) >= 11 is 12.1. The summed E-state index contributed by atoms with van der Waals surface area (Å²) in [6.45, 7) is 2.40. The average Bonchev–Trinajstić information content (AvgIpc) is 2.77. The zero-order chi connectivity index (χ0) is 13.3. The topological polar surface area (TPSA) is 35.5 Å². The first-order chi connectivity index (χ1) is 8.52. The van der Waals surface area contributed by atoms with Crippen LogP contribution in [0.3, 0.4) is 0 Å². The highest BCUT2D eigenvalue weighted by molar-refractivity contribution is 6.36. The van der Waals surface area contributed by atoms with Crippen LogP contribution < -0.4 is 4.74 Å². The number of hydrogen-bond acceptors (Lipinski definition) is 3. The van der Waals surface area contributed by atoms with E-state index in [0.29, 0.717) is 28.0 Å². The maximum atomic E-state index is 12.3. The van der Waals surface area contributed by atoms with Gasteiger partial charge in [0.05, 0.1) is 29.9 Å². The molecule has 2 rings (SSSR count). The summed E-state index contributed by atoms with van der Waals surface area (Å²) in [7, 11) is 1.51. The predicted molar refractivity (Wildman–Crippen MR) is 70.9 cm³/mol. The van der Waals surface area contributed by atoms with E-state index in [1.165, 1.54) is 7.11 Å². The van der Waals surface area contributed by atoms with Gasteiger partial charge in [0.1, 0.15) is 5.75 Å². The minimum absolute atomic E-state index is 0.0195. The van der Waals surface area contributed by atoms with Crippen molar-refractivity contribution >= 4 is 29.0 Å². The third-order valence-electron chi connectivity index (χ3n) is 3.08. The van der Waals surface area contributed by atoms with E-state index in [1.54, 1.807) is 12.1 Å². The fourth-order valence-corrected chi connectivity index (χ4v) is 2.58. The first-order valence-electron chi connectivity index (χ1n) is 5.71. The van der Waals surface area contributed by atoms with Crippen molar-refractivity contribution in [3.05, 3.63) is 27.7 Å². The molecule has 0 aromatic heterocycles. The molecular formula is C13H14Cl2O3. The van der Waals surface area contributed by atoms with Crippen molar-refractivity contribution in [2.24, 2.45) is 5.92 Å². The molecule has 0 aliphatic carbocycles. The molecule has 98 valence electrons. The lowest BCUT2D eigenvalue weighted by Gasteiger charge is -2.11. The maximum Gasteiger partial charge on any atom is 0.169 e. The van der Waals surface area contributed by atoms with Gasteiger partial charge in [-0.3, -0.25) is 4.79 Å². The highest BCUT2D eigenvalue weighted by Crippen LogP contribution is 2.33. The number of carbonyl (C=O) groups excluding carboxylic acids is 1. The Balaban J connectivity index is 2.28. The second kappa shape index (κ2) is 5.47. The van der Waals surface area contributed by atoms with Crippen LogP contribution in [0, 0.1) is 5.92 Å². The van der Waals surface area contributed by atoms with Gasteiger partial charge in [-0.1, -0.05) is 23.2 Å². The first-order valence-corrected chi connectivity index (χ1v) is 6.47. The molecule has 1 heterocycles. The Bertz CT molecular complexity index is 474. The molecule has 1 aliphatic heterocycles. The molecular weight excluding hydrogens is 275 g/mol. The molecule has 0 spiro atoms. The van der Waals surface area contributed by atoms with Gasteiger partial charge in [0.15, 0.2) is 5.78 Å². The molecule has 2 unspecified atom stereocenters. The minimum Gasteiger partial charge on any atom is -0.495 e. The van der Waals surface area contributed by atoms with Crippen molar-refractivity contribution in [3.63, 3.8) is 0 Å². The summed E-state index contributed by atoms with van der Waals surface area (Å²) in [6, 6.07) is 3.13. The third kappa shape index (κ3) is 2.63. The smallest absolute Gasteiger partial charge is 0.169 e. The van der Waals surface area contributed by atoms with E-state index < -0.39 is 0 Å². The third-order valence-corrected chi connectivity index (χ3v) is 3.68. The second-order valence-electron chi connectivity index (χ2n) is 4.41. The number of rotatable bonds is 3. The highest BCUT2D eigenvalue weighted by atomic mass is 35.5. The molecule has 18 heavy (non-hydrogen) atoms. The van der Waals surface area contributed by atoms with Gasteiger partial charge in [0.2, 0.25) is 0 Å². The lowest BCUT2D eigenvalue weighted by atomic mass is 9.95. The van der Waals surface area contributed by atoms with E-state index in [2.05, 4.69) is 0 Å². The van der Waals surface area contributed by atoms with E-state index in [4.69, 9.17) is 32.7 Å². The average molecular weight is 289 g/mol. The summed E-state index contributed by atoms with van der Waals surface area (Å²) < 4.78 is 10.5. The van der Waals surface area contributed by atoms with Crippen LogP contribution in [0.15, 0.2) is 12.1 Å². The monoisotopic (exact) mass is 288 g/mol. The zero-order valence-electron chi connectivity index (χ0n) is 10.2. The molecule has 1 aromatic carbocycles. The van der Waals surface area contributed by atoms with E-state index in [1.807, 2.05) is 6.92 Å². The van der Waals surface area contributed by atoms with Crippen molar-refractivity contribution in [1.82, 2.24) is 0 Å². The molecule has 1 aliphatic rings. The number of ether oxygens (including phenoxy) is 2. The molecule has 1 saturated heterocycles. The van der Waals surface area contributed by atoms with E-state index in [9.17, 15) is 4.79 Å². The van der Waals surface area contributed by atoms with Crippen LogP contribution in [0.5, 0.6) is 5.75 Å². The van der Waals surface area contributed by atoms with Crippen LogP contribution in [0.2, 0.25) is 10.0 Å². The Kier molecular flexibility index (Phi) is 4.15. The minimum atomic E-state index is -0.137. The van der Waals surface area contributed by atoms with Crippen LogP contribution in [0.1, 0.15) is 23.7 Å². The molecule has 3 nitrogen and oxygen atoms in total. The number of benzene rings is 1. The van der Waals surface area contributed by atoms with Gasteiger partial charge < -0.3 is 9.47 Å². The molecule has 1 aromatic rings. The summed E-state index contributed by atoms with van der Waals surface area (Å²) in [6.07, 6.45) is 0.838. The lowest BCUT2D eigenvalue weighted by molar-refractivity contribution is 0.0878. The van der Waals surface area contributed by atoms with Crippen molar-refractivity contribution in [1.29, 1.82) is 0 Å². The van der Waals surface area contributed by atoms with Gasteiger partial charge in [-0.15, -0.1) is 0 Å². The Labute approximate surface area is 116 Å². The zero-order valence-corrected chi connectivity index (χ0v) is 11.7. The summed E-state index contributed by atoms with van der Waals surface area (Å²) in [5.41, 5.74) is 0.435. The molecule has 5 heteroatoms. The van der Waals surface area contributed by atoms with Gasteiger partial charge in [0.25, 0.3) is 0 Å². The van der Waals surface area contributed by atoms with E-state index in [0.717, 1.165) is 6.42 Å². The van der Waals surface area contributed by atoms with Crippen LogP contribution in [-0.4, -0.2) is 25.6 Å². The Morgan fingerprint density at radius 1 is 1.39 bits per heavy atom. The van der Waals surface area contributed by atoms with Crippen LogP contribution >= 0.6 is 23.2 Å². The van der Waals surface area contributed by atoms with Gasteiger partial charge in [0, 0.05) is 17.5 Å². The first kappa shape index (κ1) is 13.7. The Hall–Kier alpha value is -0.770. The van der Waals surface area contributed by atoms with E-state index in [-0.39, 0.29) is 17.8 Å². The van der Waals surface area contributed by atoms with Gasteiger partial charge >= 0.3 is 0 Å². The number of hydrogen-bond donors (Lipinski definition) is 0. The second-order valence-corrected chi connectivity index (χ2v) is 5.22. The van der Waals surface area contributed by atoms with Crippen molar-refractivity contribution in [2.75, 3.05) is 13.7 Å². The molecule has 0 bridgehead atoms. The fourth-order valence-electron chi connectivity index (χ4n) is 2.09. The van der Waals surface area contributed by atoms with E-state index >= 15 is 0 Å². The molecule has 2 atom stereocenters. The number of ketones is 1.